The van der Waals surface area contributed by atoms with E-state index in [2.05, 4.69) is 10.3 Å². The number of aliphatic hydroxyl groups is 1. The Kier molecular flexibility index (Phi) is 3.02. The molecule has 2 N–H and O–H groups in total. The molecular formula is C14H15N3O3. The Labute approximate surface area is 115 Å². The van der Waals surface area contributed by atoms with Crippen molar-refractivity contribution in [3.8, 4) is 0 Å². The smallest absolute Gasteiger partial charge is 0.270 e. The predicted octanol–water partition coefficient (Wildman–Crippen LogP) is 0.339. The lowest BCUT2D eigenvalue weighted by molar-refractivity contribution is -0.0300. The summed E-state index contributed by atoms with van der Waals surface area (Å²) in [6, 6.07) is 5.17. The van der Waals surface area contributed by atoms with Crippen LogP contribution in [-0.4, -0.2) is 32.5 Å². The number of hydrogen-bond acceptors (Lipinski definition) is 4. The largest absolute Gasteiger partial charge is 0.388 e. The van der Waals surface area contributed by atoms with Crippen molar-refractivity contribution in [2.24, 2.45) is 0 Å². The Balaban J connectivity index is 1.84. The molecule has 0 aliphatic heterocycles. The number of carbonyl (C=O) groups excluding carboxylic acids is 1. The molecule has 0 unspecified atom stereocenters. The summed E-state index contributed by atoms with van der Waals surface area (Å²) in [6.07, 6.45) is 5.18. The second-order valence-electron chi connectivity index (χ2n) is 5.17. The second kappa shape index (κ2) is 4.72. The molecule has 1 saturated carbocycles. The maximum Gasteiger partial charge on any atom is 0.270 e. The topological polar surface area (TPSA) is 83.7 Å². The Morgan fingerprint density at radius 1 is 1.45 bits per heavy atom. The summed E-state index contributed by atoms with van der Waals surface area (Å²) in [6.45, 7) is 0.169. The lowest BCUT2D eigenvalue weighted by Gasteiger charge is -2.36. The van der Waals surface area contributed by atoms with Crippen molar-refractivity contribution in [1.82, 2.24) is 14.7 Å². The minimum atomic E-state index is -0.809. The zero-order valence-electron chi connectivity index (χ0n) is 10.9. The first-order valence-corrected chi connectivity index (χ1v) is 6.56. The van der Waals surface area contributed by atoms with Crippen molar-refractivity contribution in [2.45, 2.75) is 24.9 Å². The van der Waals surface area contributed by atoms with E-state index in [1.807, 2.05) is 0 Å². The van der Waals surface area contributed by atoms with Gasteiger partial charge in [0.15, 0.2) is 0 Å². The maximum absolute atomic E-state index is 12.2. The number of pyridine rings is 1. The predicted molar refractivity (Wildman–Crippen MR) is 72.6 cm³/mol. The Hall–Kier alpha value is -2.21. The number of fused-ring (bicyclic) bond motifs is 1. The van der Waals surface area contributed by atoms with Gasteiger partial charge in [0.25, 0.3) is 11.5 Å². The van der Waals surface area contributed by atoms with E-state index in [0.717, 1.165) is 6.42 Å². The molecule has 0 atom stereocenters. The highest BCUT2D eigenvalue weighted by Gasteiger charge is 2.34. The van der Waals surface area contributed by atoms with Gasteiger partial charge in [-0.25, -0.2) is 4.98 Å². The quantitative estimate of drug-likeness (QED) is 0.844. The molecule has 104 valence electrons. The monoisotopic (exact) mass is 273 g/mol. The van der Waals surface area contributed by atoms with Gasteiger partial charge >= 0.3 is 0 Å². The molecule has 2 heterocycles. The van der Waals surface area contributed by atoms with Crippen molar-refractivity contribution < 1.29 is 9.90 Å². The van der Waals surface area contributed by atoms with Crippen LogP contribution in [0.15, 0.2) is 35.4 Å². The maximum atomic E-state index is 12.2. The van der Waals surface area contributed by atoms with Crippen LogP contribution in [0.25, 0.3) is 5.65 Å². The highest BCUT2D eigenvalue weighted by molar-refractivity contribution is 5.93. The van der Waals surface area contributed by atoms with Crippen molar-refractivity contribution in [3.05, 3.63) is 46.5 Å². The molecule has 0 spiro atoms. The van der Waals surface area contributed by atoms with Gasteiger partial charge in [0.2, 0.25) is 0 Å². The summed E-state index contributed by atoms with van der Waals surface area (Å²) < 4.78 is 1.33. The van der Waals surface area contributed by atoms with E-state index in [1.165, 1.54) is 10.6 Å². The fraction of sp³-hybridized carbons (Fsp3) is 0.357. The van der Waals surface area contributed by atoms with E-state index < -0.39 is 17.1 Å². The van der Waals surface area contributed by atoms with Crippen LogP contribution in [0.3, 0.4) is 0 Å². The molecule has 20 heavy (non-hydrogen) atoms. The number of amides is 1. The minimum absolute atomic E-state index is 0.0170. The third-order valence-electron chi connectivity index (χ3n) is 3.72. The van der Waals surface area contributed by atoms with Crippen LogP contribution >= 0.6 is 0 Å². The number of hydrogen-bond donors (Lipinski definition) is 2. The summed E-state index contributed by atoms with van der Waals surface area (Å²) in [5, 5.41) is 12.5. The Bertz CT molecular complexity index is 719. The highest BCUT2D eigenvalue weighted by Crippen LogP contribution is 2.30. The highest BCUT2D eigenvalue weighted by atomic mass is 16.3. The van der Waals surface area contributed by atoms with E-state index in [4.69, 9.17) is 0 Å². The fourth-order valence-corrected chi connectivity index (χ4v) is 2.28. The van der Waals surface area contributed by atoms with Crippen LogP contribution in [0.2, 0.25) is 0 Å². The van der Waals surface area contributed by atoms with E-state index >= 15 is 0 Å². The summed E-state index contributed by atoms with van der Waals surface area (Å²) in [5.74, 6) is -0.499. The summed E-state index contributed by atoms with van der Waals surface area (Å²) in [4.78, 5) is 28.3. The Morgan fingerprint density at radius 2 is 2.25 bits per heavy atom. The molecule has 1 aliphatic carbocycles. The van der Waals surface area contributed by atoms with Gasteiger partial charge in [-0.15, -0.1) is 0 Å². The van der Waals surface area contributed by atoms with Gasteiger partial charge in [-0.3, -0.25) is 14.0 Å². The first kappa shape index (κ1) is 12.8. The molecule has 1 fully saturated rings. The summed E-state index contributed by atoms with van der Waals surface area (Å²) in [7, 11) is 0. The molecule has 0 saturated heterocycles. The molecule has 6 heteroatoms. The first-order chi connectivity index (χ1) is 9.59. The third-order valence-corrected chi connectivity index (χ3v) is 3.72. The van der Waals surface area contributed by atoms with Gasteiger partial charge in [-0.05, 0) is 31.4 Å². The van der Waals surface area contributed by atoms with Crippen molar-refractivity contribution >= 4 is 11.6 Å². The van der Waals surface area contributed by atoms with Crippen LogP contribution in [0.1, 0.15) is 29.6 Å². The molecule has 0 aromatic carbocycles. The molecule has 0 radical (unpaired) electrons. The average Bonchev–Trinajstić information content (AvgIpc) is 2.43. The lowest BCUT2D eigenvalue weighted by Crippen LogP contribution is -2.48. The number of nitrogens with zero attached hydrogens (tertiary/aromatic N) is 2. The van der Waals surface area contributed by atoms with Gasteiger partial charge in [0.05, 0.1) is 5.60 Å². The summed E-state index contributed by atoms with van der Waals surface area (Å²) >= 11 is 0. The van der Waals surface area contributed by atoms with Crippen molar-refractivity contribution in [3.63, 3.8) is 0 Å². The summed E-state index contributed by atoms with van der Waals surface area (Å²) in [5.41, 5.74) is -0.743. The average molecular weight is 273 g/mol. The fourth-order valence-electron chi connectivity index (χ4n) is 2.28. The van der Waals surface area contributed by atoms with Gasteiger partial charge in [0.1, 0.15) is 11.2 Å². The van der Waals surface area contributed by atoms with Crippen molar-refractivity contribution in [1.29, 1.82) is 0 Å². The molecular weight excluding hydrogens is 258 g/mol. The molecule has 1 amide bonds. The first-order valence-electron chi connectivity index (χ1n) is 6.56. The van der Waals surface area contributed by atoms with Gasteiger partial charge < -0.3 is 10.4 Å². The van der Waals surface area contributed by atoms with E-state index in [1.54, 1.807) is 24.4 Å². The Morgan fingerprint density at radius 3 is 2.95 bits per heavy atom. The van der Waals surface area contributed by atoms with E-state index in [0.29, 0.717) is 18.5 Å². The van der Waals surface area contributed by atoms with E-state index in [9.17, 15) is 14.7 Å². The third kappa shape index (κ3) is 2.18. The zero-order valence-corrected chi connectivity index (χ0v) is 10.9. The molecule has 1 aliphatic rings. The van der Waals surface area contributed by atoms with Crippen LogP contribution in [0.5, 0.6) is 0 Å². The van der Waals surface area contributed by atoms with Crippen LogP contribution in [0, 0.1) is 0 Å². The lowest BCUT2D eigenvalue weighted by atomic mass is 9.80. The normalized spacial score (nSPS) is 16.6. The zero-order chi connectivity index (χ0) is 14.2. The SMILES string of the molecule is O=C(NCC1(O)CCC1)c1cnc2ccccn2c1=O. The number of aromatic nitrogens is 2. The molecule has 0 bridgehead atoms. The minimum Gasteiger partial charge on any atom is -0.388 e. The van der Waals surface area contributed by atoms with Crippen LogP contribution in [0.4, 0.5) is 0 Å². The van der Waals surface area contributed by atoms with Gasteiger partial charge in [-0.2, -0.15) is 0 Å². The van der Waals surface area contributed by atoms with Crippen LogP contribution in [-0.2, 0) is 0 Å². The number of rotatable bonds is 3. The molecule has 2 aromatic heterocycles. The molecule has 2 aromatic rings. The van der Waals surface area contributed by atoms with Crippen molar-refractivity contribution in [2.75, 3.05) is 6.54 Å². The van der Waals surface area contributed by atoms with E-state index in [-0.39, 0.29) is 12.1 Å². The molecule has 6 nitrogen and oxygen atoms in total. The standard InChI is InChI=1S/C14H15N3O3/c18-12(16-9-14(20)5-3-6-14)10-8-15-11-4-1-2-7-17(11)13(10)19/h1-2,4,7-8,20H,3,5-6,9H2,(H,16,18). The number of carbonyl (C=O) groups is 1. The van der Waals surface area contributed by atoms with Gasteiger partial charge in [0, 0.05) is 18.9 Å². The van der Waals surface area contributed by atoms with Crippen LogP contribution < -0.4 is 10.9 Å². The number of nitrogens with one attached hydrogen (secondary N) is 1. The van der Waals surface area contributed by atoms with Gasteiger partial charge in [-0.1, -0.05) is 6.07 Å². The second-order valence-corrected chi connectivity index (χ2v) is 5.17. The molecule has 3 rings (SSSR count).